The average molecular weight is 240 g/mol. The van der Waals surface area contributed by atoms with Gasteiger partial charge in [-0.2, -0.15) is 0 Å². The zero-order valence-electron chi connectivity index (χ0n) is 11.9. The van der Waals surface area contributed by atoms with E-state index in [1.54, 1.807) is 0 Å². The van der Waals surface area contributed by atoms with Gasteiger partial charge in [0.1, 0.15) is 5.72 Å². The van der Waals surface area contributed by atoms with Crippen LogP contribution >= 0.6 is 0 Å². The lowest BCUT2D eigenvalue weighted by molar-refractivity contribution is -0.166. The highest BCUT2D eigenvalue weighted by Gasteiger charge is 2.42. The van der Waals surface area contributed by atoms with Crippen molar-refractivity contribution in [2.24, 2.45) is 11.3 Å². The van der Waals surface area contributed by atoms with E-state index in [4.69, 9.17) is 4.74 Å². The number of hydrogen-bond acceptors (Lipinski definition) is 3. The minimum absolute atomic E-state index is 0.108. The van der Waals surface area contributed by atoms with Crippen LogP contribution in [0.3, 0.4) is 0 Å². The van der Waals surface area contributed by atoms with Crippen molar-refractivity contribution in [1.29, 1.82) is 0 Å². The molecule has 2 aliphatic heterocycles. The summed E-state index contributed by atoms with van der Waals surface area (Å²) in [6, 6.07) is 0. The second kappa shape index (κ2) is 4.87. The van der Waals surface area contributed by atoms with E-state index in [1.807, 2.05) is 0 Å². The predicted molar refractivity (Wildman–Crippen MR) is 71.0 cm³/mol. The Hall–Kier alpha value is -0.120. The molecule has 100 valence electrons. The Kier molecular flexibility index (Phi) is 3.81. The minimum atomic E-state index is -0.108. The fourth-order valence-corrected chi connectivity index (χ4v) is 2.92. The van der Waals surface area contributed by atoms with Crippen LogP contribution < -0.4 is 5.32 Å². The molecule has 2 rings (SSSR count). The summed E-state index contributed by atoms with van der Waals surface area (Å²) in [4.78, 5) is 2.55. The zero-order valence-corrected chi connectivity index (χ0v) is 11.9. The highest BCUT2D eigenvalue weighted by Crippen LogP contribution is 2.33. The van der Waals surface area contributed by atoms with Crippen LogP contribution in [-0.4, -0.2) is 43.4 Å². The summed E-state index contributed by atoms with van der Waals surface area (Å²) in [6.45, 7) is 14.6. The number of nitrogens with one attached hydrogen (secondary N) is 1. The summed E-state index contributed by atoms with van der Waals surface area (Å²) in [5, 5.41) is 3.65. The zero-order chi connectivity index (χ0) is 12.5. The topological polar surface area (TPSA) is 24.5 Å². The van der Waals surface area contributed by atoms with Gasteiger partial charge in [0, 0.05) is 24.4 Å². The van der Waals surface area contributed by atoms with Gasteiger partial charge in [-0.3, -0.25) is 5.32 Å². The van der Waals surface area contributed by atoms with Gasteiger partial charge >= 0.3 is 0 Å². The molecule has 0 amide bonds. The third-order valence-corrected chi connectivity index (χ3v) is 4.41. The normalized spacial score (nSPS) is 39.2. The van der Waals surface area contributed by atoms with Crippen molar-refractivity contribution in [2.75, 3.05) is 32.8 Å². The van der Waals surface area contributed by atoms with Crippen LogP contribution in [0.5, 0.6) is 0 Å². The molecule has 2 aliphatic rings. The first-order valence-corrected chi connectivity index (χ1v) is 7.06. The summed E-state index contributed by atoms with van der Waals surface area (Å²) < 4.78 is 6.18. The molecule has 0 spiro atoms. The lowest BCUT2D eigenvalue weighted by Crippen LogP contribution is -2.62. The average Bonchev–Trinajstić information content (AvgIpc) is 2.33. The highest BCUT2D eigenvalue weighted by molar-refractivity contribution is 4.92. The monoisotopic (exact) mass is 240 g/mol. The molecule has 17 heavy (non-hydrogen) atoms. The molecule has 2 heterocycles. The van der Waals surface area contributed by atoms with Crippen LogP contribution in [0.1, 0.15) is 40.5 Å². The fraction of sp³-hybridized carbons (Fsp3) is 1.00. The van der Waals surface area contributed by atoms with Crippen LogP contribution in [0.2, 0.25) is 0 Å². The van der Waals surface area contributed by atoms with Gasteiger partial charge in [0.25, 0.3) is 0 Å². The summed E-state index contributed by atoms with van der Waals surface area (Å²) in [5.41, 5.74) is 0.169. The molecule has 3 nitrogen and oxygen atoms in total. The standard InChI is InChI=1S/C14H28N2O/c1-5-16-8-6-7-12(9-16)14(4)15-10-13(2,3)11-17-14/h12,15H,5-11H2,1-4H3. The van der Waals surface area contributed by atoms with Crippen LogP contribution in [0.4, 0.5) is 0 Å². The number of likely N-dealkylation sites (tertiary alicyclic amines) is 1. The van der Waals surface area contributed by atoms with Gasteiger partial charge in [-0.05, 0) is 32.9 Å². The van der Waals surface area contributed by atoms with Crippen molar-refractivity contribution < 1.29 is 4.74 Å². The van der Waals surface area contributed by atoms with Crippen molar-refractivity contribution in [1.82, 2.24) is 10.2 Å². The van der Waals surface area contributed by atoms with E-state index in [1.165, 1.54) is 25.9 Å². The second-order valence-corrected chi connectivity index (χ2v) is 6.65. The lowest BCUT2D eigenvalue weighted by Gasteiger charge is -2.49. The second-order valence-electron chi connectivity index (χ2n) is 6.65. The molecule has 0 aromatic carbocycles. The van der Waals surface area contributed by atoms with Crippen molar-refractivity contribution in [3.05, 3.63) is 0 Å². The van der Waals surface area contributed by atoms with E-state index in [0.29, 0.717) is 5.92 Å². The van der Waals surface area contributed by atoms with Crippen molar-refractivity contribution in [3.8, 4) is 0 Å². The van der Waals surface area contributed by atoms with Crippen molar-refractivity contribution in [2.45, 2.75) is 46.3 Å². The molecule has 0 bridgehead atoms. The fourth-order valence-electron chi connectivity index (χ4n) is 2.92. The van der Waals surface area contributed by atoms with Gasteiger partial charge in [0.05, 0.1) is 6.61 Å². The first-order chi connectivity index (χ1) is 7.95. The van der Waals surface area contributed by atoms with E-state index >= 15 is 0 Å². The molecule has 3 heteroatoms. The molecule has 2 saturated heterocycles. The molecule has 0 aromatic rings. The van der Waals surface area contributed by atoms with Gasteiger partial charge in [-0.15, -0.1) is 0 Å². The van der Waals surface area contributed by atoms with Gasteiger partial charge < -0.3 is 9.64 Å². The summed E-state index contributed by atoms with van der Waals surface area (Å²) >= 11 is 0. The molecule has 2 fully saturated rings. The molecule has 0 saturated carbocycles. The van der Waals surface area contributed by atoms with E-state index < -0.39 is 0 Å². The molecular formula is C14H28N2O. The third-order valence-electron chi connectivity index (χ3n) is 4.41. The Morgan fingerprint density at radius 1 is 1.35 bits per heavy atom. The molecular weight excluding hydrogens is 212 g/mol. The highest BCUT2D eigenvalue weighted by atomic mass is 16.5. The van der Waals surface area contributed by atoms with Crippen LogP contribution in [-0.2, 0) is 4.74 Å². The van der Waals surface area contributed by atoms with Crippen LogP contribution in [0.15, 0.2) is 0 Å². The SMILES string of the molecule is CCN1CCCC(C2(C)NCC(C)(C)CO2)C1. The molecule has 0 aliphatic carbocycles. The Bertz CT molecular complexity index is 255. The van der Waals surface area contributed by atoms with Crippen LogP contribution in [0.25, 0.3) is 0 Å². The number of nitrogens with zero attached hydrogens (tertiary/aromatic N) is 1. The maximum Gasteiger partial charge on any atom is 0.120 e. The molecule has 2 unspecified atom stereocenters. The maximum absolute atomic E-state index is 6.18. The quantitative estimate of drug-likeness (QED) is 0.800. The van der Waals surface area contributed by atoms with Crippen LogP contribution in [0, 0.1) is 11.3 Å². The van der Waals surface area contributed by atoms with Gasteiger partial charge in [-0.25, -0.2) is 0 Å². The third kappa shape index (κ3) is 3.01. The molecule has 1 N–H and O–H groups in total. The predicted octanol–water partition coefficient (Wildman–Crippen LogP) is 2.08. The number of piperidine rings is 1. The number of hydrogen-bond donors (Lipinski definition) is 1. The largest absolute Gasteiger partial charge is 0.360 e. The maximum atomic E-state index is 6.18. The lowest BCUT2D eigenvalue weighted by atomic mass is 9.84. The molecule has 0 aromatic heterocycles. The molecule has 2 atom stereocenters. The summed E-state index contributed by atoms with van der Waals surface area (Å²) in [5.74, 6) is 0.632. The Morgan fingerprint density at radius 3 is 2.71 bits per heavy atom. The van der Waals surface area contributed by atoms with Gasteiger partial charge in [0.2, 0.25) is 0 Å². The van der Waals surface area contributed by atoms with E-state index in [2.05, 4.69) is 37.9 Å². The van der Waals surface area contributed by atoms with Gasteiger partial charge in [0.15, 0.2) is 0 Å². The summed E-state index contributed by atoms with van der Waals surface area (Å²) in [7, 11) is 0. The Morgan fingerprint density at radius 2 is 2.12 bits per heavy atom. The Labute approximate surface area is 106 Å². The van der Waals surface area contributed by atoms with E-state index in [0.717, 1.165) is 19.7 Å². The van der Waals surface area contributed by atoms with Gasteiger partial charge in [-0.1, -0.05) is 20.8 Å². The first-order valence-electron chi connectivity index (χ1n) is 7.06. The first kappa shape index (κ1) is 13.3. The van der Waals surface area contributed by atoms with Crippen molar-refractivity contribution in [3.63, 3.8) is 0 Å². The summed E-state index contributed by atoms with van der Waals surface area (Å²) in [6.07, 6.45) is 2.60. The number of rotatable bonds is 2. The van der Waals surface area contributed by atoms with Crippen molar-refractivity contribution >= 4 is 0 Å². The number of ether oxygens (including phenoxy) is 1. The smallest absolute Gasteiger partial charge is 0.120 e. The Balaban J connectivity index is 1.96. The molecule has 0 radical (unpaired) electrons. The van der Waals surface area contributed by atoms with E-state index in [-0.39, 0.29) is 11.1 Å². The van der Waals surface area contributed by atoms with E-state index in [9.17, 15) is 0 Å². The minimum Gasteiger partial charge on any atom is -0.360 e.